The molecule has 0 aliphatic carbocycles. The quantitative estimate of drug-likeness (QED) is 0.612. The van der Waals surface area contributed by atoms with Gasteiger partial charge in [0.15, 0.2) is 11.4 Å². The molecule has 0 bridgehead atoms. The number of aryl methyl sites for hydroxylation is 1. The van der Waals surface area contributed by atoms with Crippen LogP contribution in [0.4, 0.5) is 10.1 Å². The van der Waals surface area contributed by atoms with Gasteiger partial charge in [0.2, 0.25) is 10.0 Å². The highest BCUT2D eigenvalue weighted by Crippen LogP contribution is 2.33. The summed E-state index contributed by atoms with van der Waals surface area (Å²) in [6.07, 6.45) is -0.0958. The third-order valence-electron chi connectivity index (χ3n) is 4.34. The first kappa shape index (κ1) is 21.3. The van der Waals surface area contributed by atoms with Crippen LogP contribution in [-0.2, 0) is 17.1 Å². The first-order chi connectivity index (χ1) is 14.2. The van der Waals surface area contributed by atoms with Crippen molar-refractivity contribution in [1.29, 1.82) is 5.26 Å². The molecule has 1 aromatic carbocycles. The van der Waals surface area contributed by atoms with Crippen LogP contribution in [-0.4, -0.2) is 42.8 Å². The summed E-state index contributed by atoms with van der Waals surface area (Å²) in [5.74, 6) is 3.30. The topological polar surface area (TPSA) is 133 Å². The molecule has 156 valence electrons. The van der Waals surface area contributed by atoms with E-state index in [0.29, 0.717) is 0 Å². The molecule has 1 aliphatic heterocycles. The van der Waals surface area contributed by atoms with E-state index < -0.39 is 33.9 Å². The van der Waals surface area contributed by atoms with E-state index in [1.165, 1.54) is 30.8 Å². The van der Waals surface area contributed by atoms with Crippen LogP contribution in [0, 0.1) is 29.0 Å². The van der Waals surface area contributed by atoms with Gasteiger partial charge >= 0.3 is 0 Å². The van der Waals surface area contributed by atoms with Gasteiger partial charge in [-0.3, -0.25) is 4.79 Å². The molecular formula is C19H17FN4O5S. The largest absolute Gasteiger partial charge is 0.488 e. The minimum atomic E-state index is -4.11. The number of hydrogen-bond acceptors (Lipinski definition) is 6. The number of aliphatic hydroxyl groups is 1. The second-order valence-corrected chi connectivity index (χ2v) is 8.10. The summed E-state index contributed by atoms with van der Waals surface area (Å²) >= 11 is 0. The molecule has 2 aromatic rings. The molecular weight excluding hydrogens is 415 g/mol. The first-order valence-electron chi connectivity index (χ1n) is 8.63. The number of nitrogens with zero attached hydrogens (tertiary/aromatic N) is 2. The molecule has 0 radical (unpaired) electrons. The van der Waals surface area contributed by atoms with Gasteiger partial charge in [0.05, 0.1) is 11.6 Å². The minimum absolute atomic E-state index is 0.102. The van der Waals surface area contributed by atoms with Crippen molar-refractivity contribution in [2.45, 2.75) is 24.0 Å². The monoisotopic (exact) mass is 432 g/mol. The highest BCUT2D eigenvalue weighted by Gasteiger charge is 2.36. The number of ether oxygens (including phenoxy) is 1. The summed E-state index contributed by atoms with van der Waals surface area (Å²) in [7, 11) is -2.65. The van der Waals surface area contributed by atoms with Crippen LogP contribution in [0.5, 0.6) is 5.75 Å². The molecule has 1 aliphatic rings. The molecule has 30 heavy (non-hydrogen) atoms. The Morgan fingerprint density at radius 1 is 1.50 bits per heavy atom. The number of sulfonamides is 1. The molecule has 0 spiro atoms. The number of rotatable bonds is 3. The summed E-state index contributed by atoms with van der Waals surface area (Å²) in [6.45, 7) is 1.24. The Bertz CT molecular complexity index is 1220. The fraction of sp³-hybridized carbons (Fsp3) is 0.263. The van der Waals surface area contributed by atoms with Crippen LogP contribution < -0.4 is 14.8 Å². The highest BCUT2D eigenvalue weighted by atomic mass is 32.2. The maximum Gasteiger partial charge on any atom is 0.276 e. The summed E-state index contributed by atoms with van der Waals surface area (Å²) in [6, 6.07) is 4.09. The number of halogens is 1. The molecule has 0 saturated carbocycles. The van der Waals surface area contributed by atoms with Gasteiger partial charge in [0, 0.05) is 18.9 Å². The number of amides is 1. The Hall–Kier alpha value is -3.38. The molecule has 2 atom stereocenters. The molecule has 2 heterocycles. The number of hydrogen-bond donors (Lipinski definition) is 3. The van der Waals surface area contributed by atoms with Crippen LogP contribution in [0.25, 0.3) is 0 Å². The zero-order chi connectivity index (χ0) is 22.1. The van der Waals surface area contributed by atoms with Gasteiger partial charge in [-0.1, -0.05) is 5.92 Å². The second-order valence-electron chi connectivity index (χ2n) is 6.42. The predicted octanol–water partition coefficient (Wildman–Crippen LogP) is 0.712. The normalized spacial score (nSPS) is 17.9. The fourth-order valence-corrected chi connectivity index (χ4v) is 4.34. The van der Waals surface area contributed by atoms with Gasteiger partial charge in [0.25, 0.3) is 5.91 Å². The summed E-state index contributed by atoms with van der Waals surface area (Å²) in [4.78, 5) is 12.5. The maximum atomic E-state index is 13.5. The van der Waals surface area contributed by atoms with Crippen molar-refractivity contribution >= 4 is 21.6 Å². The lowest BCUT2D eigenvalue weighted by Crippen LogP contribution is -2.45. The molecule has 1 aromatic heterocycles. The Morgan fingerprint density at radius 2 is 2.23 bits per heavy atom. The summed E-state index contributed by atoms with van der Waals surface area (Å²) in [5, 5.41) is 21.4. The van der Waals surface area contributed by atoms with Crippen LogP contribution in [0.15, 0.2) is 29.3 Å². The zero-order valence-corrected chi connectivity index (χ0v) is 16.7. The number of anilines is 1. The van der Waals surface area contributed by atoms with Crippen molar-refractivity contribution in [1.82, 2.24) is 9.29 Å². The van der Waals surface area contributed by atoms with Crippen LogP contribution in [0.1, 0.15) is 23.0 Å². The SMILES string of the molecule is CC#C[C@H](O)[C@H]1COc2c(cn(C)c2C(=O)Nc2ccc(F)c(C#N)c2)S(=O)(=O)N1. The van der Waals surface area contributed by atoms with Crippen LogP contribution >= 0.6 is 0 Å². The summed E-state index contributed by atoms with van der Waals surface area (Å²) < 4.78 is 48.1. The van der Waals surface area contributed by atoms with E-state index in [4.69, 9.17) is 10.00 Å². The minimum Gasteiger partial charge on any atom is -0.488 e. The fourth-order valence-electron chi connectivity index (χ4n) is 2.92. The average Bonchev–Trinajstić information content (AvgIpc) is 2.97. The second kappa shape index (κ2) is 8.16. The maximum absolute atomic E-state index is 13.5. The van der Waals surface area contributed by atoms with Crippen molar-refractivity contribution in [2.75, 3.05) is 11.9 Å². The Morgan fingerprint density at radius 3 is 2.90 bits per heavy atom. The standard InChI is InChI=1S/C19H17FN4O5S/c1-3-4-15(25)14-10-29-18-16(30(27,28)23-14)9-24(2)17(18)19(26)22-12-5-6-13(20)11(7-12)8-21/h5-7,9,14-15,23,25H,10H2,1-2H3,(H,22,26)/t14-,15+/m1/s1. The van der Waals surface area contributed by atoms with E-state index in [9.17, 15) is 22.7 Å². The van der Waals surface area contributed by atoms with Crippen molar-refractivity contribution < 1.29 is 27.4 Å². The van der Waals surface area contributed by atoms with Gasteiger partial charge in [-0.25, -0.2) is 17.5 Å². The highest BCUT2D eigenvalue weighted by molar-refractivity contribution is 7.89. The molecule has 3 N–H and O–H groups in total. The average molecular weight is 432 g/mol. The molecule has 1 amide bonds. The number of benzene rings is 1. The lowest BCUT2D eigenvalue weighted by Gasteiger charge is -2.17. The van der Waals surface area contributed by atoms with Gasteiger partial charge in [-0.2, -0.15) is 5.26 Å². The number of carbonyl (C=O) groups is 1. The Balaban J connectivity index is 1.96. The van der Waals surface area contributed by atoms with Gasteiger partial charge in [-0.05, 0) is 25.1 Å². The van der Waals surface area contributed by atoms with E-state index in [1.54, 1.807) is 6.07 Å². The van der Waals surface area contributed by atoms with Gasteiger partial charge in [0.1, 0.15) is 29.5 Å². The Kier molecular flexibility index (Phi) is 5.80. The lowest BCUT2D eigenvalue weighted by molar-refractivity contribution is 0.101. The van der Waals surface area contributed by atoms with Crippen LogP contribution in [0.2, 0.25) is 0 Å². The summed E-state index contributed by atoms with van der Waals surface area (Å²) in [5.41, 5.74) is -0.209. The molecule has 0 fully saturated rings. The lowest BCUT2D eigenvalue weighted by atomic mass is 10.2. The molecule has 9 nitrogen and oxygen atoms in total. The number of carbonyl (C=O) groups excluding carboxylic acids is 1. The number of nitrogens with one attached hydrogen (secondary N) is 2. The third kappa shape index (κ3) is 4.00. The van der Waals surface area contributed by atoms with Crippen molar-refractivity contribution in [3.8, 4) is 23.7 Å². The Labute approximate surface area is 172 Å². The van der Waals surface area contributed by atoms with E-state index >= 15 is 0 Å². The first-order valence-corrected chi connectivity index (χ1v) is 10.1. The molecule has 11 heteroatoms. The number of fused-ring (bicyclic) bond motifs is 1. The number of aromatic nitrogens is 1. The van der Waals surface area contributed by atoms with E-state index in [1.807, 2.05) is 0 Å². The molecule has 0 unspecified atom stereocenters. The predicted molar refractivity (Wildman–Crippen MR) is 104 cm³/mol. The van der Waals surface area contributed by atoms with E-state index in [-0.39, 0.29) is 34.2 Å². The number of nitriles is 1. The van der Waals surface area contributed by atoms with Gasteiger partial charge < -0.3 is 19.7 Å². The van der Waals surface area contributed by atoms with Gasteiger partial charge in [-0.15, -0.1) is 5.92 Å². The van der Waals surface area contributed by atoms with E-state index in [0.717, 1.165) is 12.1 Å². The molecule has 0 saturated heterocycles. The van der Waals surface area contributed by atoms with Crippen molar-refractivity contribution in [2.24, 2.45) is 7.05 Å². The zero-order valence-electron chi connectivity index (χ0n) is 15.9. The van der Waals surface area contributed by atoms with Crippen LogP contribution in [0.3, 0.4) is 0 Å². The third-order valence-corrected chi connectivity index (χ3v) is 5.82. The smallest absolute Gasteiger partial charge is 0.276 e. The van der Waals surface area contributed by atoms with E-state index in [2.05, 4.69) is 21.9 Å². The number of aliphatic hydroxyl groups excluding tert-OH is 1. The molecule has 3 rings (SSSR count). The van der Waals surface area contributed by atoms with Crippen molar-refractivity contribution in [3.05, 3.63) is 41.5 Å². The van der Waals surface area contributed by atoms with Crippen molar-refractivity contribution in [3.63, 3.8) is 0 Å².